The number of unbranched alkanes of at least 4 members (excludes halogenated alkanes) is 3. The molecule has 0 fully saturated rings. The van der Waals surface area contributed by atoms with Gasteiger partial charge in [-0.3, -0.25) is 4.79 Å². The molecule has 1 unspecified atom stereocenters. The first-order valence-electron chi connectivity index (χ1n) is 6.66. The molecular formula is C14H20Cl2N2O. The highest BCUT2D eigenvalue weighted by molar-refractivity contribution is 6.35. The lowest BCUT2D eigenvalue weighted by Crippen LogP contribution is -2.32. The standard InChI is InChI=1S/C14H20Cl2N2O/c1-3-4-5-6-7-10(2)18-14(19)11-8-13(16)17-9-12(11)15/h8-10H,3-7H2,1-2H3,(H,18,19). The molecule has 0 aliphatic heterocycles. The van der Waals surface area contributed by atoms with Crippen molar-refractivity contribution < 1.29 is 4.79 Å². The molecule has 19 heavy (non-hydrogen) atoms. The van der Waals surface area contributed by atoms with Gasteiger partial charge in [-0.05, 0) is 19.4 Å². The van der Waals surface area contributed by atoms with E-state index in [1.165, 1.54) is 31.5 Å². The highest BCUT2D eigenvalue weighted by Crippen LogP contribution is 2.18. The van der Waals surface area contributed by atoms with Crippen molar-refractivity contribution in [2.45, 2.75) is 52.0 Å². The molecule has 1 N–H and O–H groups in total. The van der Waals surface area contributed by atoms with Crippen LogP contribution in [0.4, 0.5) is 0 Å². The molecule has 5 heteroatoms. The number of rotatable bonds is 7. The van der Waals surface area contributed by atoms with E-state index in [2.05, 4.69) is 17.2 Å². The molecule has 0 radical (unpaired) electrons. The monoisotopic (exact) mass is 302 g/mol. The van der Waals surface area contributed by atoms with Crippen LogP contribution in [0.15, 0.2) is 12.3 Å². The normalized spacial score (nSPS) is 12.2. The second-order valence-corrected chi connectivity index (χ2v) is 5.51. The van der Waals surface area contributed by atoms with Gasteiger partial charge in [0.15, 0.2) is 0 Å². The number of halogens is 2. The third-order valence-electron chi connectivity index (χ3n) is 2.93. The SMILES string of the molecule is CCCCCCC(C)NC(=O)c1cc(Cl)ncc1Cl. The van der Waals surface area contributed by atoms with Crippen molar-refractivity contribution in [3.63, 3.8) is 0 Å². The Morgan fingerprint density at radius 2 is 2.11 bits per heavy atom. The fourth-order valence-corrected chi connectivity index (χ4v) is 2.19. The summed E-state index contributed by atoms with van der Waals surface area (Å²) in [5.41, 5.74) is 0.377. The number of nitrogens with one attached hydrogen (secondary N) is 1. The van der Waals surface area contributed by atoms with Crippen LogP contribution in [-0.4, -0.2) is 16.9 Å². The van der Waals surface area contributed by atoms with Crippen molar-refractivity contribution in [2.75, 3.05) is 0 Å². The average Bonchev–Trinajstić information content (AvgIpc) is 2.37. The molecule has 1 aromatic heterocycles. The van der Waals surface area contributed by atoms with Crippen LogP contribution in [0, 0.1) is 0 Å². The average molecular weight is 303 g/mol. The third-order valence-corrected chi connectivity index (χ3v) is 3.44. The zero-order chi connectivity index (χ0) is 14.3. The summed E-state index contributed by atoms with van der Waals surface area (Å²) in [4.78, 5) is 15.9. The number of carbonyl (C=O) groups is 1. The van der Waals surface area contributed by atoms with Crippen LogP contribution in [0.25, 0.3) is 0 Å². The minimum absolute atomic E-state index is 0.132. The summed E-state index contributed by atoms with van der Waals surface area (Å²) < 4.78 is 0. The number of carbonyl (C=O) groups excluding carboxylic acids is 1. The van der Waals surface area contributed by atoms with Gasteiger partial charge in [0.25, 0.3) is 5.91 Å². The minimum Gasteiger partial charge on any atom is -0.350 e. The highest BCUT2D eigenvalue weighted by atomic mass is 35.5. The Balaban J connectivity index is 2.47. The van der Waals surface area contributed by atoms with Crippen LogP contribution >= 0.6 is 23.2 Å². The molecule has 1 rings (SSSR count). The van der Waals surface area contributed by atoms with Gasteiger partial charge in [-0.15, -0.1) is 0 Å². The topological polar surface area (TPSA) is 42.0 Å². The van der Waals surface area contributed by atoms with E-state index in [-0.39, 0.29) is 17.1 Å². The van der Waals surface area contributed by atoms with Gasteiger partial charge in [-0.1, -0.05) is 55.8 Å². The Morgan fingerprint density at radius 1 is 1.37 bits per heavy atom. The Kier molecular flexibility index (Phi) is 7.17. The van der Waals surface area contributed by atoms with Crippen LogP contribution in [-0.2, 0) is 0 Å². The Bertz CT molecular complexity index is 424. The fourth-order valence-electron chi connectivity index (χ4n) is 1.84. The van der Waals surface area contributed by atoms with Crippen molar-refractivity contribution in [3.8, 4) is 0 Å². The lowest BCUT2D eigenvalue weighted by Gasteiger charge is -2.14. The van der Waals surface area contributed by atoms with Gasteiger partial charge in [0.2, 0.25) is 0 Å². The number of amides is 1. The lowest BCUT2D eigenvalue weighted by atomic mass is 10.1. The smallest absolute Gasteiger partial charge is 0.253 e. The molecule has 106 valence electrons. The predicted octanol–water partition coefficient (Wildman–Crippen LogP) is 4.48. The van der Waals surface area contributed by atoms with Crippen LogP contribution in [0.3, 0.4) is 0 Å². The van der Waals surface area contributed by atoms with E-state index in [0.29, 0.717) is 10.6 Å². The van der Waals surface area contributed by atoms with E-state index in [9.17, 15) is 4.79 Å². The van der Waals surface area contributed by atoms with Gasteiger partial charge in [0.1, 0.15) is 5.15 Å². The Labute approximate surface area is 124 Å². The number of pyridine rings is 1. The molecule has 0 saturated heterocycles. The molecular weight excluding hydrogens is 283 g/mol. The van der Waals surface area contributed by atoms with E-state index in [0.717, 1.165) is 12.8 Å². The van der Waals surface area contributed by atoms with Crippen molar-refractivity contribution in [2.24, 2.45) is 0 Å². The lowest BCUT2D eigenvalue weighted by molar-refractivity contribution is 0.0938. The van der Waals surface area contributed by atoms with Gasteiger partial charge in [0, 0.05) is 12.2 Å². The van der Waals surface area contributed by atoms with Crippen LogP contribution in [0.2, 0.25) is 10.2 Å². The maximum Gasteiger partial charge on any atom is 0.253 e. The van der Waals surface area contributed by atoms with Gasteiger partial charge in [-0.2, -0.15) is 0 Å². The largest absolute Gasteiger partial charge is 0.350 e. The van der Waals surface area contributed by atoms with Crippen molar-refractivity contribution in [3.05, 3.63) is 28.0 Å². The molecule has 1 amide bonds. The summed E-state index contributed by atoms with van der Waals surface area (Å²) in [6.07, 6.45) is 7.16. The van der Waals surface area contributed by atoms with Crippen molar-refractivity contribution in [1.29, 1.82) is 0 Å². The highest BCUT2D eigenvalue weighted by Gasteiger charge is 2.13. The van der Waals surface area contributed by atoms with Gasteiger partial charge < -0.3 is 5.32 Å². The molecule has 3 nitrogen and oxygen atoms in total. The predicted molar refractivity (Wildman–Crippen MR) is 79.9 cm³/mol. The maximum absolute atomic E-state index is 12.0. The number of aromatic nitrogens is 1. The molecule has 0 aliphatic rings. The molecule has 1 heterocycles. The number of hydrogen-bond donors (Lipinski definition) is 1. The van der Waals surface area contributed by atoms with E-state index >= 15 is 0 Å². The summed E-state index contributed by atoms with van der Waals surface area (Å²) in [5.74, 6) is -0.197. The Hall–Kier alpha value is -0.800. The third kappa shape index (κ3) is 5.79. The number of hydrogen-bond acceptors (Lipinski definition) is 2. The summed E-state index contributed by atoms with van der Waals surface area (Å²) in [7, 11) is 0. The molecule has 1 atom stereocenters. The molecule has 0 saturated carbocycles. The first-order valence-corrected chi connectivity index (χ1v) is 7.42. The van der Waals surface area contributed by atoms with Crippen LogP contribution < -0.4 is 5.32 Å². The zero-order valence-electron chi connectivity index (χ0n) is 11.4. The van der Waals surface area contributed by atoms with Crippen LogP contribution in [0.1, 0.15) is 56.3 Å². The first kappa shape index (κ1) is 16.3. The van der Waals surface area contributed by atoms with Gasteiger partial charge >= 0.3 is 0 Å². The molecule has 0 spiro atoms. The number of nitrogens with zero attached hydrogens (tertiary/aromatic N) is 1. The van der Waals surface area contributed by atoms with Crippen molar-refractivity contribution in [1.82, 2.24) is 10.3 Å². The maximum atomic E-state index is 12.0. The molecule has 0 bridgehead atoms. The first-order chi connectivity index (χ1) is 9.04. The summed E-state index contributed by atoms with van der Waals surface area (Å²) in [6, 6.07) is 1.62. The van der Waals surface area contributed by atoms with Crippen molar-refractivity contribution >= 4 is 29.1 Å². The molecule has 0 aliphatic carbocycles. The molecule has 0 aromatic carbocycles. The van der Waals surface area contributed by atoms with E-state index in [1.807, 2.05) is 6.92 Å². The second-order valence-electron chi connectivity index (χ2n) is 4.71. The van der Waals surface area contributed by atoms with E-state index in [4.69, 9.17) is 23.2 Å². The van der Waals surface area contributed by atoms with Crippen LogP contribution in [0.5, 0.6) is 0 Å². The van der Waals surface area contributed by atoms with E-state index in [1.54, 1.807) is 0 Å². The molecule has 1 aromatic rings. The minimum atomic E-state index is -0.197. The van der Waals surface area contributed by atoms with Gasteiger partial charge in [-0.25, -0.2) is 4.98 Å². The van der Waals surface area contributed by atoms with E-state index < -0.39 is 0 Å². The summed E-state index contributed by atoms with van der Waals surface area (Å²) >= 11 is 11.7. The quantitative estimate of drug-likeness (QED) is 0.596. The second kappa shape index (κ2) is 8.39. The van der Waals surface area contributed by atoms with Gasteiger partial charge in [0.05, 0.1) is 10.6 Å². The zero-order valence-corrected chi connectivity index (χ0v) is 12.9. The summed E-state index contributed by atoms with van der Waals surface area (Å²) in [5, 5.41) is 3.52. The summed E-state index contributed by atoms with van der Waals surface area (Å²) in [6.45, 7) is 4.18. The fraction of sp³-hybridized carbons (Fsp3) is 0.571. The Morgan fingerprint density at radius 3 is 2.79 bits per heavy atom.